The van der Waals surface area contributed by atoms with E-state index in [1.165, 1.54) is 6.07 Å². The summed E-state index contributed by atoms with van der Waals surface area (Å²) in [5.41, 5.74) is 0.488. The van der Waals surface area contributed by atoms with E-state index in [-0.39, 0.29) is 17.0 Å². The minimum Gasteiger partial charge on any atom is -0.234 e. The van der Waals surface area contributed by atoms with Gasteiger partial charge in [-0.2, -0.15) is 5.26 Å². The van der Waals surface area contributed by atoms with Crippen LogP contribution in [0.4, 0.5) is 4.39 Å². The molecule has 1 heterocycles. The van der Waals surface area contributed by atoms with E-state index < -0.39 is 0 Å². The molecule has 0 bridgehead atoms. The van der Waals surface area contributed by atoms with Crippen LogP contribution in [-0.4, -0.2) is 4.98 Å². The lowest BCUT2D eigenvalue weighted by Gasteiger charge is -1.99. The lowest BCUT2D eigenvalue weighted by atomic mass is 10.2. The maximum Gasteiger partial charge on any atom is 0.150 e. The molecular weight excluding hydrogens is 294 g/mol. The van der Waals surface area contributed by atoms with Crippen LogP contribution in [0.5, 0.6) is 0 Å². The van der Waals surface area contributed by atoms with E-state index in [9.17, 15) is 4.39 Å². The molecule has 2 nitrogen and oxygen atoms in total. The van der Waals surface area contributed by atoms with Gasteiger partial charge in [0.25, 0.3) is 0 Å². The standard InChI is InChI=1S/C10H4FIN2/c11-9-4-7(12)3-6-1-2-8(5-13)14-10(6)9/h1-4H. The molecular formula is C10H4FIN2. The van der Waals surface area contributed by atoms with Gasteiger partial charge < -0.3 is 0 Å². The molecule has 0 saturated carbocycles. The van der Waals surface area contributed by atoms with Crippen molar-refractivity contribution in [2.45, 2.75) is 0 Å². The highest BCUT2D eigenvalue weighted by atomic mass is 127. The SMILES string of the molecule is N#Cc1ccc2cc(I)cc(F)c2n1. The predicted octanol–water partition coefficient (Wildman–Crippen LogP) is 2.85. The number of rotatable bonds is 0. The Kier molecular flexibility index (Phi) is 2.33. The summed E-state index contributed by atoms with van der Waals surface area (Å²) in [5, 5.41) is 9.32. The molecule has 0 aliphatic rings. The van der Waals surface area contributed by atoms with Gasteiger partial charge in [0.05, 0.1) is 0 Å². The van der Waals surface area contributed by atoms with Crippen LogP contribution in [0.15, 0.2) is 24.3 Å². The number of hydrogen-bond acceptors (Lipinski definition) is 2. The fourth-order valence-electron chi connectivity index (χ4n) is 1.22. The van der Waals surface area contributed by atoms with Crippen molar-refractivity contribution < 1.29 is 4.39 Å². The molecule has 0 saturated heterocycles. The number of hydrogen-bond donors (Lipinski definition) is 0. The first-order chi connectivity index (χ1) is 6.70. The summed E-state index contributed by atoms with van der Waals surface area (Å²) in [6.45, 7) is 0. The van der Waals surface area contributed by atoms with Gasteiger partial charge in [-0.15, -0.1) is 0 Å². The molecule has 0 aliphatic heterocycles. The fourth-order valence-corrected chi connectivity index (χ4v) is 1.83. The number of nitrogens with zero attached hydrogens (tertiary/aromatic N) is 2. The normalized spacial score (nSPS) is 10.1. The van der Waals surface area contributed by atoms with Crippen molar-refractivity contribution in [3.8, 4) is 6.07 Å². The zero-order chi connectivity index (χ0) is 10.1. The fraction of sp³-hybridized carbons (Fsp3) is 0. The maximum absolute atomic E-state index is 13.4. The Bertz CT molecular complexity index is 546. The number of fused-ring (bicyclic) bond motifs is 1. The van der Waals surface area contributed by atoms with Gasteiger partial charge in [-0.3, -0.25) is 0 Å². The molecule has 0 spiro atoms. The Balaban J connectivity index is 2.84. The summed E-state index contributed by atoms with van der Waals surface area (Å²) in [4.78, 5) is 3.89. The first-order valence-electron chi connectivity index (χ1n) is 3.86. The van der Waals surface area contributed by atoms with E-state index in [0.717, 1.165) is 3.57 Å². The molecule has 0 atom stereocenters. The van der Waals surface area contributed by atoms with Gasteiger partial charge in [0, 0.05) is 8.96 Å². The quantitative estimate of drug-likeness (QED) is 0.701. The van der Waals surface area contributed by atoms with Crippen molar-refractivity contribution >= 4 is 33.5 Å². The van der Waals surface area contributed by atoms with Gasteiger partial charge in [-0.05, 0) is 46.9 Å². The van der Waals surface area contributed by atoms with Crippen LogP contribution in [0.1, 0.15) is 5.69 Å². The summed E-state index contributed by atoms with van der Waals surface area (Å²) in [5.74, 6) is -0.385. The molecule has 0 amide bonds. The number of aromatic nitrogens is 1. The second kappa shape index (κ2) is 3.50. The Labute approximate surface area is 93.5 Å². The first-order valence-corrected chi connectivity index (χ1v) is 4.94. The van der Waals surface area contributed by atoms with Crippen molar-refractivity contribution in [2.75, 3.05) is 0 Å². The van der Waals surface area contributed by atoms with E-state index in [0.29, 0.717) is 5.39 Å². The Hall–Kier alpha value is -1.22. The average molecular weight is 298 g/mol. The molecule has 0 unspecified atom stereocenters. The highest BCUT2D eigenvalue weighted by molar-refractivity contribution is 14.1. The van der Waals surface area contributed by atoms with Gasteiger partial charge in [-0.25, -0.2) is 9.37 Å². The van der Waals surface area contributed by atoms with Gasteiger partial charge in [-0.1, -0.05) is 0 Å². The molecule has 0 aliphatic carbocycles. The minimum atomic E-state index is -0.385. The van der Waals surface area contributed by atoms with Crippen LogP contribution in [0.25, 0.3) is 10.9 Å². The molecule has 0 radical (unpaired) electrons. The number of halogens is 2. The van der Waals surface area contributed by atoms with Crippen molar-refractivity contribution in [1.29, 1.82) is 5.26 Å². The molecule has 2 aromatic rings. The van der Waals surface area contributed by atoms with Crippen molar-refractivity contribution in [3.05, 3.63) is 39.3 Å². The summed E-state index contributed by atoms with van der Waals surface area (Å²) in [7, 11) is 0. The molecule has 1 aromatic heterocycles. The zero-order valence-electron chi connectivity index (χ0n) is 6.96. The van der Waals surface area contributed by atoms with Gasteiger partial charge in [0.1, 0.15) is 17.3 Å². The Morgan fingerprint density at radius 2 is 2.14 bits per heavy atom. The zero-order valence-corrected chi connectivity index (χ0v) is 9.12. The van der Waals surface area contributed by atoms with E-state index in [4.69, 9.17) is 5.26 Å². The largest absolute Gasteiger partial charge is 0.234 e. The van der Waals surface area contributed by atoms with Gasteiger partial charge in [0.15, 0.2) is 5.82 Å². The summed E-state index contributed by atoms with van der Waals surface area (Å²) in [6, 6.07) is 8.39. The lowest BCUT2D eigenvalue weighted by Crippen LogP contribution is -1.89. The Morgan fingerprint density at radius 1 is 1.36 bits per heavy atom. The van der Waals surface area contributed by atoms with Crippen molar-refractivity contribution in [1.82, 2.24) is 4.98 Å². The maximum atomic E-state index is 13.4. The van der Waals surface area contributed by atoms with Crippen LogP contribution in [0.3, 0.4) is 0 Å². The van der Waals surface area contributed by atoms with Crippen molar-refractivity contribution in [2.24, 2.45) is 0 Å². The molecule has 4 heteroatoms. The minimum absolute atomic E-state index is 0.234. The van der Waals surface area contributed by atoms with E-state index in [2.05, 4.69) is 4.98 Å². The van der Waals surface area contributed by atoms with Crippen LogP contribution in [-0.2, 0) is 0 Å². The topological polar surface area (TPSA) is 36.7 Å². The Morgan fingerprint density at radius 3 is 2.86 bits per heavy atom. The van der Waals surface area contributed by atoms with E-state index in [1.54, 1.807) is 12.1 Å². The molecule has 14 heavy (non-hydrogen) atoms. The summed E-state index contributed by atoms with van der Waals surface area (Å²) >= 11 is 2.04. The van der Waals surface area contributed by atoms with Crippen molar-refractivity contribution in [3.63, 3.8) is 0 Å². The van der Waals surface area contributed by atoms with Gasteiger partial charge in [0.2, 0.25) is 0 Å². The summed E-state index contributed by atoms with van der Waals surface area (Å²) in [6.07, 6.45) is 0. The number of pyridine rings is 1. The average Bonchev–Trinajstić information content (AvgIpc) is 2.17. The molecule has 68 valence electrons. The summed E-state index contributed by atoms with van der Waals surface area (Å²) < 4.78 is 14.2. The third kappa shape index (κ3) is 1.55. The van der Waals surface area contributed by atoms with E-state index >= 15 is 0 Å². The van der Waals surface area contributed by atoms with Crippen LogP contribution in [0, 0.1) is 20.7 Å². The van der Waals surface area contributed by atoms with Crippen LogP contribution >= 0.6 is 22.6 Å². The molecule has 1 aromatic carbocycles. The highest BCUT2D eigenvalue weighted by Crippen LogP contribution is 2.19. The van der Waals surface area contributed by atoms with Crippen LogP contribution < -0.4 is 0 Å². The number of nitriles is 1. The predicted molar refractivity (Wildman–Crippen MR) is 59.1 cm³/mol. The third-order valence-corrected chi connectivity index (χ3v) is 2.45. The van der Waals surface area contributed by atoms with E-state index in [1.807, 2.05) is 34.7 Å². The third-order valence-electron chi connectivity index (χ3n) is 1.83. The van der Waals surface area contributed by atoms with Gasteiger partial charge >= 0.3 is 0 Å². The molecule has 0 fully saturated rings. The monoisotopic (exact) mass is 298 g/mol. The number of benzene rings is 1. The second-order valence-electron chi connectivity index (χ2n) is 2.77. The smallest absolute Gasteiger partial charge is 0.150 e. The van der Waals surface area contributed by atoms with Crippen LogP contribution in [0.2, 0.25) is 0 Å². The first kappa shape index (κ1) is 9.34. The highest BCUT2D eigenvalue weighted by Gasteiger charge is 2.04. The lowest BCUT2D eigenvalue weighted by molar-refractivity contribution is 0.636. The second-order valence-corrected chi connectivity index (χ2v) is 4.01. The molecule has 2 rings (SSSR count). The molecule has 0 N–H and O–H groups in total.